The van der Waals surface area contributed by atoms with Gasteiger partial charge in [-0.05, 0) is 11.5 Å². The Morgan fingerprint density at radius 2 is 2.00 bits per heavy atom. The fourth-order valence-corrected chi connectivity index (χ4v) is 3.79. The smallest absolute Gasteiger partial charge is 0.0742 e. The van der Waals surface area contributed by atoms with E-state index in [4.69, 9.17) is 4.84 Å². The van der Waals surface area contributed by atoms with Crippen LogP contribution in [0.2, 0.25) is 0 Å². The third-order valence-corrected chi connectivity index (χ3v) is 4.55. The number of hydrogen-bond acceptors (Lipinski definition) is 3. The Hall–Kier alpha value is -0.900. The molecule has 0 aromatic heterocycles. The lowest BCUT2D eigenvalue weighted by Crippen LogP contribution is -2.44. The van der Waals surface area contributed by atoms with Gasteiger partial charge in [0, 0.05) is 32.1 Å². The SMILES string of the molecule is CC(C)[C@H]1[C@H]2[C@H](CON2C)CN1Cc1ccccc1. The predicted molar refractivity (Wildman–Crippen MR) is 76.5 cm³/mol. The van der Waals surface area contributed by atoms with Crippen molar-refractivity contribution < 1.29 is 4.84 Å². The molecule has 104 valence electrons. The Balaban J connectivity index is 1.78. The fraction of sp³-hybridized carbons (Fsp3) is 0.625. The number of hydrogen-bond donors (Lipinski definition) is 0. The number of benzene rings is 1. The van der Waals surface area contributed by atoms with E-state index in [0.717, 1.165) is 19.7 Å². The quantitative estimate of drug-likeness (QED) is 0.830. The summed E-state index contributed by atoms with van der Waals surface area (Å²) in [4.78, 5) is 8.35. The lowest BCUT2D eigenvalue weighted by Gasteiger charge is -2.33. The first kappa shape index (κ1) is 13.1. The van der Waals surface area contributed by atoms with E-state index < -0.39 is 0 Å². The molecule has 0 spiro atoms. The number of likely N-dealkylation sites (N-methyl/N-ethyl adjacent to an activating group) is 1. The van der Waals surface area contributed by atoms with Gasteiger partial charge in [0.15, 0.2) is 0 Å². The first-order chi connectivity index (χ1) is 9.16. The predicted octanol–water partition coefficient (Wildman–Crippen LogP) is 2.39. The van der Waals surface area contributed by atoms with Crippen LogP contribution in [0.4, 0.5) is 0 Å². The van der Waals surface area contributed by atoms with E-state index in [9.17, 15) is 0 Å². The Morgan fingerprint density at radius 3 is 2.68 bits per heavy atom. The molecule has 2 saturated heterocycles. The number of likely N-dealkylation sites (tertiary alicyclic amines) is 1. The second-order valence-corrected chi connectivity index (χ2v) is 6.24. The van der Waals surface area contributed by atoms with Crippen LogP contribution < -0.4 is 0 Å². The van der Waals surface area contributed by atoms with E-state index in [1.807, 2.05) is 0 Å². The Labute approximate surface area is 116 Å². The van der Waals surface area contributed by atoms with Gasteiger partial charge in [0.25, 0.3) is 0 Å². The summed E-state index contributed by atoms with van der Waals surface area (Å²) in [6, 6.07) is 12.0. The average molecular weight is 260 g/mol. The van der Waals surface area contributed by atoms with Crippen molar-refractivity contribution in [3.05, 3.63) is 35.9 Å². The van der Waals surface area contributed by atoms with Crippen LogP contribution in [0, 0.1) is 11.8 Å². The number of hydroxylamine groups is 2. The van der Waals surface area contributed by atoms with Crippen molar-refractivity contribution in [3.63, 3.8) is 0 Å². The van der Waals surface area contributed by atoms with Crippen LogP contribution >= 0.6 is 0 Å². The van der Waals surface area contributed by atoms with Crippen LogP contribution in [-0.2, 0) is 11.4 Å². The Morgan fingerprint density at radius 1 is 1.26 bits per heavy atom. The van der Waals surface area contributed by atoms with Gasteiger partial charge in [-0.15, -0.1) is 0 Å². The standard InChI is InChI=1S/C16H24N2O/c1-12(2)15-16-14(11-19-17(16)3)10-18(15)9-13-7-5-4-6-8-13/h4-8,12,14-16H,9-11H2,1-3H3/t14-,15-,16+/m0/s1. The highest BCUT2D eigenvalue weighted by Crippen LogP contribution is 2.37. The summed E-state index contributed by atoms with van der Waals surface area (Å²) in [7, 11) is 2.09. The van der Waals surface area contributed by atoms with Crippen molar-refractivity contribution in [3.8, 4) is 0 Å². The van der Waals surface area contributed by atoms with Crippen molar-refractivity contribution in [1.29, 1.82) is 0 Å². The van der Waals surface area contributed by atoms with Crippen molar-refractivity contribution in [2.45, 2.75) is 32.5 Å². The van der Waals surface area contributed by atoms with Gasteiger partial charge in [-0.2, -0.15) is 5.06 Å². The van der Waals surface area contributed by atoms with Crippen LogP contribution in [0.25, 0.3) is 0 Å². The molecule has 3 nitrogen and oxygen atoms in total. The zero-order valence-corrected chi connectivity index (χ0v) is 12.1. The van der Waals surface area contributed by atoms with Gasteiger partial charge in [-0.3, -0.25) is 9.74 Å². The first-order valence-corrected chi connectivity index (χ1v) is 7.30. The van der Waals surface area contributed by atoms with Gasteiger partial charge in [0.2, 0.25) is 0 Å². The van der Waals surface area contributed by atoms with Gasteiger partial charge in [0.05, 0.1) is 12.6 Å². The molecule has 0 aliphatic carbocycles. The van der Waals surface area contributed by atoms with Gasteiger partial charge >= 0.3 is 0 Å². The summed E-state index contributed by atoms with van der Waals surface area (Å²) in [5, 5.41) is 2.10. The maximum Gasteiger partial charge on any atom is 0.0742 e. The summed E-state index contributed by atoms with van der Waals surface area (Å²) >= 11 is 0. The Bertz CT molecular complexity index is 420. The molecular weight excluding hydrogens is 236 g/mol. The normalized spacial score (nSPS) is 32.1. The molecule has 0 amide bonds. The van der Waals surface area contributed by atoms with E-state index in [1.165, 1.54) is 5.56 Å². The molecule has 1 aromatic rings. The van der Waals surface area contributed by atoms with Crippen LogP contribution in [0.1, 0.15) is 19.4 Å². The molecule has 3 heteroatoms. The van der Waals surface area contributed by atoms with E-state index in [2.05, 4.69) is 61.2 Å². The molecule has 2 aliphatic heterocycles. The summed E-state index contributed by atoms with van der Waals surface area (Å²) in [6.45, 7) is 7.77. The molecule has 3 rings (SSSR count). The number of nitrogens with zero attached hydrogens (tertiary/aromatic N) is 2. The zero-order valence-electron chi connectivity index (χ0n) is 12.1. The first-order valence-electron chi connectivity index (χ1n) is 7.30. The molecule has 1 aromatic carbocycles. The van der Waals surface area contributed by atoms with Gasteiger partial charge in [-0.25, -0.2) is 0 Å². The third kappa shape index (κ3) is 2.42. The highest BCUT2D eigenvalue weighted by atomic mass is 16.7. The average Bonchev–Trinajstić information content (AvgIpc) is 2.91. The lowest BCUT2D eigenvalue weighted by atomic mass is 9.92. The molecular formula is C16H24N2O. The molecule has 2 fully saturated rings. The van der Waals surface area contributed by atoms with Gasteiger partial charge in [0.1, 0.15) is 0 Å². The molecule has 2 heterocycles. The molecule has 0 N–H and O–H groups in total. The lowest BCUT2D eigenvalue weighted by molar-refractivity contribution is -0.126. The Kier molecular flexibility index (Phi) is 3.61. The van der Waals surface area contributed by atoms with E-state index in [-0.39, 0.29) is 0 Å². The maximum atomic E-state index is 5.71. The maximum absolute atomic E-state index is 5.71. The largest absolute Gasteiger partial charge is 0.299 e. The van der Waals surface area contributed by atoms with Crippen molar-refractivity contribution in [2.24, 2.45) is 11.8 Å². The van der Waals surface area contributed by atoms with Crippen LogP contribution in [0.3, 0.4) is 0 Å². The third-order valence-electron chi connectivity index (χ3n) is 4.55. The van der Waals surface area contributed by atoms with Crippen LogP contribution in [-0.4, -0.2) is 42.2 Å². The molecule has 3 atom stereocenters. The minimum Gasteiger partial charge on any atom is -0.299 e. The summed E-state index contributed by atoms with van der Waals surface area (Å²) < 4.78 is 0. The van der Waals surface area contributed by atoms with Crippen molar-refractivity contribution >= 4 is 0 Å². The van der Waals surface area contributed by atoms with Crippen molar-refractivity contribution in [2.75, 3.05) is 20.2 Å². The van der Waals surface area contributed by atoms with E-state index >= 15 is 0 Å². The van der Waals surface area contributed by atoms with E-state index in [0.29, 0.717) is 23.9 Å². The minimum absolute atomic E-state index is 0.559. The molecule has 0 bridgehead atoms. The molecule has 19 heavy (non-hydrogen) atoms. The van der Waals surface area contributed by atoms with Gasteiger partial charge in [-0.1, -0.05) is 44.2 Å². The van der Waals surface area contributed by atoms with Crippen LogP contribution in [0.15, 0.2) is 30.3 Å². The van der Waals surface area contributed by atoms with Crippen LogP contribution in [0.5, 0.6) is 0 Å². The highest BCUT2D eigenvalue weighted by molar-refractivity contribution is 5.15. The number of fused-ring (bicyclic) bond motifs is 1. The fourth-order valence-electron chi connectivity index (χ4n) is 3.79. The summed E-state index contributed by atoms with van der Waals surface area (Å²) in [5.74, 6) is 1.32. The molecule has 2 aliphatic rings. The summed E-state index contributed by atoms with van der Waals surface area (Å²) in [6.07, 6.45) is 0. The molecule has 0 radical (unpaired) electrons. The monoisotopic (exact) mass is 260 g/mol. The van der Waals surface area contributed by atoms with Crippen molar-refractivity contribution in [1.82, 2.24) is 9.96 Å². The van der Waals surface area contributed by atoms with E-state index in [1.54, 1.807) is 0 Å². The van der Waals surface area contributed by atoms with Gasteiger partial charge < -0.3 is 0 Å². The summed E-state index contributed by atoms with van der Waals surface area (Å²) in [5.41, 5.74) is 1.41. The molecule has 0 unspecified atom stereocenters. The minimum atomic E-state index is 0.559. The highest BCUT2D eigenvalue weighted by Gasteiger charge is 2.49. The zero-order chi connectivity index (χ0) is 13.4. The second kappa shape index (κ2) is 5.23. The second-order valence-electron chi connectivity index (χ2n) is 6.24. The topological polar surface area (TPSA) is 15.7 Å². The number of rotatable bonds is 3. The molecule has 0 saturated carbocycles.